The molecular weight excluding hydrogens is 392 g/mol. The van der Waals surface area contributed by atoms with E-state index >= 15 is 0 Å². The third-order valence-corrected chi connectivity index (χ3v) is 5.31. The molecule has 0 aliphatic rings. The number of benzene rings is 2. The fourth-order valence-corrected chi connectivity index (χ4v) is 3.77. The van der Waals surface area contributed by atoms with Gasteiger partial charge < -0.3 is 5.32 Å². The summed E-state index contributed by atoms with van der Waals surface area (Å²) in [6.07, 6.45) is 1.13. The van der Waals surface area contributed by atoms with Crippen molar-refractivity contribution in [1.82, 2.24) is 14.7 Å². The quantitative estimate of drug-likeness (QED) is 0.352. The van der Waals surface area contributed by atoms with E-state index in [4.69, 9.17) is 11.6 Å². The van der Waals surface area contributed by atoms with Crippen LogP contribution in [0.4, 0.5) is 11.5 Å². The normalized spacial score (nSPS) is 11.6. The zero-order valence-corrected chi connectivity index (χ0v) is 16.3. The first kappa shape index (κ1) is 18.9. The van der Waals surface area contributed by atoms with Crippen LogP contribution in [0, 0.1) is 0 Å². The molecule has 0 bridgehead atoms. The lowest BCUT2D eigenvalue weighted by molar-refractivity contribution is 0.590. The molecule has 0 saturated carbocycles. The van der Waals surface area contributed by atoms with E-state index in [1.54, 1.807) is 6.07 Å². The van der Waals surface area contributed by atoms with Crippen LogP contribution in [0.3, 0.4) is 0 Å². The Balaban J connectivity index is 1.85. The molecule has 9 heteroatoms. The summed E-state index contributed by atoms with van der Waals surface area (Å²) in [4.78, 5) is 9.11. The number of hydrogen-bond donors (Lipinski definition) is 2. The molecule has 0 unspecified atom stereocenters. The maximum atomic E-state index is 11.1. The Bertz CT molecular complexity index is 1030. The van der Waals surface area contributed by atoms with Gasteiger partial charge in [0.25, 0.3) is 0 Å². The molecule has 0 spiro atoms. The monoisotopic (exact) mass is 408 g/mol. The van der Waals surface area contributed by atoms with Crippen molar-refractivity contribution in [1.29, 1.82) is 0 Å². The largest absolute Gasteiger partial charge is 0.338 e. The molecular formula is C17H17ClN4O2S2. The summed E-state index contributed by atoms with van der Waals surface area (Å²) in [6.45, 7) is 0.312. The van der Waals surface area contributed by atoms with Gasteiger partial charge in [-0.15, -0.1) is 0 Å². The van der Waals surface area contributed by atoms with Gasteiger partial charge in [0.1, 0.15) is 5.82 Å². The van der Waals surface area contributed by atoms with Gasteiger partial charge in [-0.1, -0.05) is 47.6 Å². The number of anilines is 2. The smallest absolute Gasteiger partial charge is 0.208 e. The maximum absolute atomic E-state index is 11.1. The molecule has 1 aromatic heterocycles. The molecule has 0 radical (unpaired) electrons. The maximum Gasteiger partial charge on any atom is 0.208 e. The Labute approximate surface area is 161 Å². The summed E-state index contributed by atoms with van der Waals surface area (Å²) < 4.78 is 24.7. The highest BCUT2D eigenvalue weighted by Gasteiger charge is 2.10. The molecule has 0 aliphatic heterocycles. The number of rotatable bonds is 7. The SMILES string of the molecule is CS(=O)(=O)NCCSc1nc(Nc2ccccc2Cl)c2ccccc2n1. The lowest BCUT2D eigenvalue weighted by Crippen LogP contribution is -2.24. The Kier molecular flexibility index (Phi) is 5.98. The standard InChI is InChI=1S/C17H17ClN4O2S2/c1-26(23,24)19-10-11-25-17-21-14-8-4-2-6-12(14)16(22-17)20-15-9-5-3-7-13(15)18/h2-9,19H,10-11H2,1H3,(H,20,21,22). The number of aromatic nitrogens is 2. The van der Waals surface area contributed by atoms with E-state index in [-0.39, 0.29) is 0 Å². The first-order chi connectivity index (χ1) is 12.4. The van der Waals surface area contributed by atoms with Crippen molar-refractivity contribution in [3.05, 3.63) is 53.6 Å². The highest BCUT2D eigenvalue weighted by Crippen LogP contribution is 2.29. The van der Waals surface area contributed by atoms with Crippen LogP contribution in [0.25, 0.3) is 10.9 Å². The van der Waals surface area contributed by atoms with Crippen LogP contribution in [0.15, 0.2) is 53.7 Å². The fourth-order valence-electron chi connectivity index (χ4n) is 2.27. The third-order valence-electron chi connectivity index (χ3n) is 3.41. The van der Waals surface area contributed by atoms with E-state index in [0.717, 1.165) is 22.8 Å². The average Bonchev–Trinajstić information content (AvgIpc) is 2.60. The molecule has 26 heavy (non-hydrogen) atoms. The highest BCUT2D eigenvalue weighted by atomic mass is 35.5. The number of thioether (sulfide) groups is 1. The molecule has 0 saturated heterocycles. The third kappa shape index (κ3) is 5.07. The molecule has 3 aromatic rings. The van der Waals surface area contributed by atoms with Crippen LogP contribution in [0.2, 0.25) is 5.02 Å². The summed E-state index contributed by atoms with van der Waals surface area (Å²) in [5.74, 6) is 1.18. The second-order valence-corrected chi connectivity index (χ2v) is 8.79. The van der Waals surface area contributed by atoms with Crippen LogP contribution in [0.5, 0.6) is 0 Å². The first-order valence-electron chi connectivity index (χ1n) is 7.78. The zero-order chi connectivity index (χ0) is 18.6. The van der Waals surface area contributed by atoms with Gasteiger partial charge in [-0.2, -0.15) is 0 Å². The van der Waals surface area contributed by atoms with Gasteiger partial charge in [0.15, 0.2) is 5.16 Å². The van der Waals surface area contributed by atoms with Crippen LogP contribution >= 0.6 is 23.4 Å². The summed E-state index contributed by atoms with van der Waals surface area (Å²) in [6, 6.07) is 15.1. The number of sulfonamides is 1. The molecule has 6 nitrogen and oxygen atoms in total. The summed E-state index contributed by atoms with van der Waals surface area (Å²) in [5.41, 5.74) is 1.56. The lowest BCUT2D eigenvalue weighted by Gasteiger charge is -2.11. The molecule has 0 aliphatic carbocycles. The fraction of sp³-hybridized carbons (Fsp3) is 0.176. The number of para-hydroxylation sites is 2. The Morgan fingerprint density at radius 1 is 1.08 bits per heavy atom. The van der Waals surface area contributed by atoms with Crippen LogP contribution in [-0.4, -0.2) is 36.9 Å². The Hall–Kier alpha value is -1.87. The van der Waals surface area contributed by atoms with Crippen molar-refractivity contribution in [2.24, 2.45) is 0 Å². The summed E-state index contributed by atoms with van der Waals surface area (Å²) in [7, 11) is -3.20. The second-order valence-electron chi connectivity index (χ2n) is 5.49. The molecule has 3 rings (SSSR count). The Morgan fingerprint density at radius 3 is 2.58 bits per heavy atom. The minimum absolute atomic E-state index is 0.312. The topological polar surface area (TPSA) is 84.0 Å². The predicted molar refractivity (Wildman–Crippen MR) is 108 cm³/mol. The highest BCUT2D eigenvalue weighted by molar-refractivity contribution is 7.99. The lowest BCUT2D eigenvalue weighted by atomic mass is 10.2. The van der Waals surface area contributed by atoms with Crippen LogP contribution < -0.4 is 10.0 Å². The first-order valence-corrected chi connectivity index (χ1v) is 11.0. The Morgan fingerprint density at radius 2 is 1.81 bits per heavy atom. The molecule has 0 amide bonds. The summed E-state index contributed by atoms with van der Waals surface area (Å²) in [5, 5.41) is 5.31. The molecule has 0 atom stereocenters. The number of fused-ring (bicyclic) bond motifs is 1. The average molecular weight is 409 g/mol. The van der Waals surface area contributed by atoms with Gasteiger partial charge in [0.2, 0.25) is 10.0 Å². The van der Waals surface area contributed by atoms with Crippen molar-refractivity contribution in [3.63, 3.8) is 0 Å². The van der Waals surface area contributed by atoms with Crippen molar-refractivity contribution in [3.8, 4) is 0 Å². The van der Waals surface area contributed by atoms with Gasteiger partial charge in [0.05, 0.1) is 22.5 Å². The predicted octanol–water partition coefficient (Wildman–Crippen LogP) is 3.67. The van der Waals surface area contributed by atoms with E-state index < -0.39 is 10.0 Å². The van der Waals surface area contributed by atoms with Crippen molar-refractivity contribution >= 4 is 55.8 Å². The number of nitrogens with one attached hydrogen (secondary N) is 2. The number of hydrogen-bond acceptors (Lipinski definition) is 6. The van der Waals surface area contributed by atoms with E-state index in [1.165, 1.54) is 11.8 Å². The number of nitrogens with zero attached hydrogens (tertiary/aromatic N) is 2. The second kappa shape index (κ2) is 8.22. The minimum Gasteiger partial charge on any atom is -0.338 e. The zero-order valence-electron chi connectivity index (χ0n) is 13.9. The number of halogens is 1. The summed E-state index contributed by atoms with van der Waals surface area (Å²) >= 11 is 7.62. The van der Waals surface area contributed by atoms with E-state index in [9.17, 15) is 8.42 Å². The van der Waals surface area contributed by atoms with Crippen molar-refractivity contribution in [2.45, 2.75) is 5.16 Å². The molecule has 2 aromatic carbocycles. The van der Waals surface area contributed by atoms with Gasteiger partial charge >= 0.3 is 0 Å². The van der Waals surface area contributed by atoms with E-state index in [0.29, 0.717) is 28.3 Å². The molecule has 0 fully saturated rings. The van der Waals surface area contributed by atoms with E-state index in [1.807, 2.05) is 42.5 Å². The van der Waals surface area contributed by atoms with Crippen LogP contribution in [-0.2, 0) is 10.0 Å². The van der Waals surface area contributed by atoms with Crippen molar-refractivity contribution < 1.29 is 8.42 Å². The van der Waals surface area contributed by atoms with Gasteiger partial charge in [0, 0.05) is 17.7 Å². The van der Waals surface area contributed by atoms with Gasteiger partial charge in [-0.3, -0.25) is 0 Å². The molecule has 2 N–H and O–H groups in total. The minimum atomic E-state index is -3.20. The van der Waals surface area contributed by atoms with Gasteiger partial charge in [-0.05, 0) is 24.3 Å². The van der Waals surface area contributed by atoms with Gasteiger partial charge in [-0.25, -0.2) is 23.1 Å². The van der Waals surface area contributed by atoms with E-state index in [2.05, 4.69) is 20.0 Å². The molecule has 136 valence electrons. The van der Waals surface area contributed by atoms with Crippen LogP contribution in [0.1, 0.15) is 0 Å². The van der Waals surface area contributed by atoms with Crippen molar-refractivity contribution in [2.75, 3.05) is 23.9 Å². The molecule has 1 heterocycles.